The molecule has 1 aliphatic rings. The Morgan fingerprint density at radius 2 is 1.80 bits per heavy atom. The third-order valence-corrected chi connectivity index (χ3v) is 5.21. The normalized spacial score (nSPS) is 19.0. The Hall–Kier alpha value is -1.76. The average molecular weight is 465 g/mol. The summed E-state index contributed by atoms with van der Waals surface area (Å²) >= 11 is 6.68. The standard InChI is InChI=1S/C19H15Br2NO3/c1-2-9-22-16-8-7-14(21)10-15(16)19(25,18(22)24)11-17(23)12-3-5-13(20)6-4-12/h2-8,10,25H,1,9,11H2. The Bertz CT molecular complexity index is 863. The Kier molecular flexibility index (Phi) is 4.95. The van der Waals surface area contributed by atoms with E-state index < -0.39 is 11.5 Å². The largest absolute Gasteiger partial charge is 0.375 e. The number of rotatable bonds is 5. The lowest BCUT2D eigenvalue weighted by Crippen LogP contribution is -2.41. The Morgan fingerprint density at radius 1 is 1.16 bits per heavy atom. The van der Waals surface area contributed by atoms with Crippen LogP contribution in [0.1, 0.15) is 22.3 Å². The van der Waals surface area contributed by atoms with Crippen molar-refractivity contribution in [2.24, 2.45) is 0 Å². The van der Waals surface area contributed by atoms with E-state index in [4.69, 9.17) is 0 Å². The Labute approximate surface area is 162 Å². The minimum atomic E-state index is -1.88. The summed E-state index contributed by atoms with van der Waals surface area (Å²) in [7, 11) is 0. The summed E-state index contributed by atoms with van der Waals surface area (Å²) in [6.07, 6.45) is 1.27. The topological polar surface area (TPSA) is 57.6 Å². The highest BCUT2D eigenvalue weighted by molar-refractivity contribution is 9.10. The number of carbonyl (C=O) groups is 2. The first kappa shape index (κ1) is 18.0. The van der Waals surface area contributed by atoms with Gasteiger partial charge >= 0.3 is 0 Å². The van der Waals surface area contributed by atoms with E-state index in [9.17, 15) is 14.7 Å². The van der Waals surface area contributed by atoms with Crippen molar-refractivity contribution in [1.82, 2.24) is 0 Å². The number of nitrogens with zero attached hydrogens (tertiary/aromatic N) is 1. The van der Waals surface area contributed by atoms with Crippen LogP contribution in [0.15, 0.2) is 64.1 Å². The number of anilines is 1. The van der Waals surface area contributed by atoms with Crippen LogP contribution < -0.4 is 4.90 Å². The molecular weight excluding hydrogens is 450 g/mol. The van der Waals surface area contributed by atoms with E-state index >= 15 is 0 Å². The van der Waals surface area contributed by atoms with Crippen LogP contribution in [0.5, 0.6) is 0 Å². The molecule has 25 heavy (non-hydrogen) atoms. The van der Waals surface area contributed by atoms with Crippen LogP contribution in [0.3, 0.4) is 0 Å². The first-order valence-corrected chi connectivity index (χ1v) is 9.19. The summed E-state index contributed by atoms with van der Waals surface area (Å²) in [5.74, 6) is -0.805. The van der Waals surface area contributed by atoms with Crippen molar-refractivity contribution in [3.8, 4) is 0 Å². The van der Waals surface area contributed by atoms with E-state index in [1.807, 2.05) is 0 Å². The highest BCUT2D eigenvalue weighted by atomic mass is 79.9. The lowest BCUT2D eigenvalue weighted by Gasteiger charge is -2.22. The lowest BCUT2D eigenvalue weighted by molar-refractivity contribution is -0.135. The zero-order valence-electron chi connectivity index (χ0n) is 13.2. The highest BCUT2D eigenvalue weighted by Crippen LogP contribution is 2.44. The molecule has 0 saturated heterocycles. The third kappa shape index (κ3) is 3.21. The average Bonchev–Trinajstić information content (AvgIpc) is 2.77. The zero-order chi connectivity index (χ0) is 18.2. The molecule has 1 N–H and O–H groups in total. The van der Waals surface area contributed by atoms with Crippen LogP contribution in [0.2, 0.25) is 0 Å². The third-order valence-electron chi connectivity index (χ3n) is 4.19. The second-order valence-corrected chi connectivity index (χ2v) is 7.66. The predicted octanol–water partition coefficient (Wildman–Crippen LogP) is 4.20. The zero-order valence-corrected chi connectivity index (χ0v) is 16.4. The molecule has 0 fully saturated rings. The minimum Gasteiger partial charge on any atom is -0.375 e. The Balaban J connectivity index is 2.00. The summed E-state index contributed by atoms with van der Waals surface area (Å²) in [4.78, 5) is 27.0. The van der Waals surface area contributed by atoms with E-state index in [-0.39, 0.29) is 18.7 Å². The second kappa shape index (κ2) is 6.86. The molecule has 0 saturated carbocycles. The van der Waals surface area contributed by atoms with Crippen molar-refractivity contribution in [3.63, 3.8) is 0 Å². The van der Waals surface area contributed by atoms with Crippen LogP contribution in [0, 0.1) is 0 Å². The van der Waals surface area contributed by atoms with Crippen molar-refractivity contribution >= 4 is 49.2 Å². The van der Waals surface area contributed by atoms with Crippen molar-refractivity contribution in [2.45, 2.75) is 12.0 Å². The number of fused-ring (bicyclic) bond motifs is 1. The number of carbonyl (C=O) groups excluding carboxylic acids is 2. The molecule has 0 spiro atoms. The number of hydrogen-bond acceptors (Lipinski definition) is 3. The molecule has 0 bridgehead atoms. The molecule has 128 valence electrons. The van der Waals surface area contributed by atoms with Crippen molar-refractivity contribution in [3.05, 3.63) is 75.2 Å². The molecule has 4 nitrogen and oxygen atoms in total. The fourth-order valence-corrected chi connectivity index (χ4v) is 3.60. The first-order chi connectivity index (χ1) is 11.9. The highest BCUT2D eigenvalue weighted by Gasteiger charge is 2.50. The van der Waals surface area contributed by atoms with Gasteiger partial charge in [0.1, 0.15) is 0 Å². The van der Waals surface area contributed by atoms with Crippen molar-refractivity contribution in [1.29, 1.82) is 0 Å². The maximum absolute atomic E-state index is 12.9. The Morgan fingerprint density at radius 3 is 2.44 bits per heavy atom. The predicted molar refractivity (Wildman–Crippen MR) is 104 cm³/mol. The summed E-state index contributed by atoms with van der Waals surface area (Å²) in [5, 5.41) is 11.1. The number of benzene rings is 2. The summed E-state index contributed by atoms with van der Waals surface area (Å²) < 4.78 is 1.58. The summed E-state index contributed by atoms with van der Waals surface area (Å²) in [6, 6.07) is 12.1. The molecule has 2 aromatic carbocycles. The van der Waals surface area contributed by atoms with Gasteiger partial charge in [0.2, 0.25) is 0 Å². The number of hydrogen-bond donors (Lipinski definition) is 1. The van der Waals surface area contributed by atoms with Gasteiger partial charge in [0.05, 0.1) is 12.1 Å². The number of halogens is 2. The molecule has 0 radical (unpaired) electrons. The van der Waals surface area contributed by atoms with Gasteiger partial charge in [-0.3, -0.25) is 9.59 Å². The number of Topliss-reactive ketones (excluding diaryl/α,β-unsaturated/α-hetero) is 1. The number of amides is 1. The maximum atomic E-state index is 12.9. The van der Waals surface area contributed by atoms with Gasteiger partial charge in [0, 0.05) is 26.6 Å². The van der Waals surface area contributed by atoms with Crippen LogP contribution in [0.25, 0.3) is 0 Å². The quantitative estimate of drug-likeness (QED) is 0.532. The van der Waals surface area contributed by atoms with Crippen LogP contribution in [-0.2, 0) is 10.4 Å². The van der Waals surface area contributed by atoms with Crippen molar-refractivity contribution in [2.75, 3.05) is 11.4 Å². The van der Waals surface area contributed by atoms with Gasteiger partial charge < -0.3 is 10.0 Å². The van der Waals surface area contributed by atoms with Gasteiger partial charge in [0.25, 0.3) is 5.91 Å². The lowest BCUT2D eigenvalue weighted by atomic mass is 9.88. The second-order valence-electron chi connectivity index (χ2n) is 5.83. The van der Waals surface area contributed by atoms with E-state index in [2.05, 4.69) is 38.4 Å². The van der Waals surface area contributed by atoms with Crippen LogP contribution in [-0.4, -0.2) is 23.3 Å². The van der Waals surface area contributed by atoms with Crippen molar-refractivity contribution < 1.29 is 14.7 Å². The molecule has 1 atom stereocenters. The van der Waals surface area contributed by atoms with Crippen LogP contribution in [0.4, 0.5) is 5.69 Å². The molecule has 3 rings (SSSR count). The van der Waals surface area contributed by atoms with Crippen LogP contribution >= 0.6 is 31.9 Å². The van der Waals surface area contributed by atoms with E-state index in [0.717, 1.165) is 8.95 Å². The molecule has 1 unspecified atom stereocenters. The maximum Gasteiger partial charge on any atom is 0.264 e. The minimum absolute atomic E-state index is 0.266. The fourth-order valence-electron chi connectivity index (χ4n) is 2.97. The molecule has 1 aliphatic heterocycles. The van der Waals surface area contributed by atoms with Gasteiger partial charge in [-0.25, -0.2) is 0 Å². The smallest absolute Gasteiger partial charge is 0.264 e. The molecule has 2 aromatic rings. The van der Waals surface area contributed by atoms with Gasteiger partial charge in [-0.05, 0) is 30.3 Å². The van der Waals surface area contributed by atoms with Gasteiger partial charge in [-0.1, -0.05) is 50.1 Å². The molecule has 0 aromatic heterocycles. The molecular formula is C19H15Br2NO3. The van der Waals surface area contributed by atoms with E-state index in [1.54, 1.807) is 48.5 Å². The first-order valence-electron chi connectivity index (χ1n) is 7.61. The van der Waals surface area contributed by atoms with E-state index in [1.165, 1.54) is 4.90 Å². The van der Waals surface area contributed by atoms with Gasteiger partial charge in [0.15, 0.2) is 11.4 Å². The van der Waals surface area contributed by atoms with Gasteiger partial charge in [-0.2, -0.15) is 0 Å². The molecule has 6 heteroatoms. The number of ketones is 1. The fraction of sp³-hybridized carbons (Fsp3) is 0.158. The summed E-state index contributed by atoms with van der Waals surface area (Å²) in [6.45, 7) is 3.92. The summed E-state index contributed by atoms with van der Waals surface area (Å²) in [5.41, 5.74) is -0.409. The molecule has 1 amide bonds. The SMILES string of the molecule is C=CCN1C(=O)C(O)(CC(=O)c2ccc(Br)cc2)c2cc(Br)ccc21. The van der Waals surface area contributed by atoms with E-state index in [0.29, 0.717) is 16.8 Å². The monoisotopic (exact) mass is 463 g/mol. The molecule has 1 heterocycles. The van der Waals surface area contributed by atoms with Gasteiger partial charge in [-0.15, -0.1) is 6.58 Å². The number of aliphatic hydroxyl groups is 1. The molecule has 0 aliphatic carbocycles.